The van der Waals surface area contributed by atoms with Crippen molar-refractivity contribution in [1.82, 2.24) is 0 Å². The first kappa shape index (κ1) is 13.8. The van der Waals surface area contributed by atoms with E-state index in [9.17, 15) is 0 Å². The molecule has 1 nitrogen and oxygen atoms in total. The molecule has 0 saturated carbocycles. The van der Waals surface area contributed by atoms with E-state index in [1.807, 2.05) is 18.3 Å². The number of benzene rings is 2. The van der Waals surface area contributed by atoms with Gasteiger partial charge >= 0.3 is 0 Å². The minimum absolute atomic E-state index is 0.790. The van der Waals surface area contributed by atoms with Crippen molar-refractivity contribution in [3.8, 4) is 11.1 Å². The molecule has 0 amide bonds. The number of aliphatic imine (C=N–C) groups is 1. The third-order valence-electron chi connectivity index (χ3n) is 2.94. The van der Waals surface area contributed by atoms with Crippen LogP contribution in [0, 0.1) is 6.92 Å². The lowest BCUT2D eigenvalue weighted by atomic mass is 10.0. The highest BCUT2D eigenvalue weighted by molar-refractivity contribution is 6.33. The normalized spacial score (nSPS) is 11.1. The molecule has 2 heteroatoms. The van der Waals surface area contributed by atoms with Crippen molar-refractivity contribution in [2.45, 2.75) is 20.3 Å². The Balaban J connectivity index is 2.25. The van der Waals surface area contributed by atoms with Gasteiger partial charge in [-0.3, -0.25) is 4.99 Å². The van der Waals surface area contributed by atoms with Crippen molar-refractivity contribution in [2.75, 3.05) is 6.54 Å². The van der Waals surface area contributed by atoms with Crippen LogP contribution in [0.1, 0.15) is 24.5 Å². The van der Waals surface area contributed by atoms with Gasteiger partial charge in [0.25, 0.3) is 0 Å². The third kappa shape index (κ3) is 3.68. The molecule has 0 unspecified atom stereocenters. The van der Waals surface area contributed by atoms with E-state index >= 15 is 0 Å². The lowest BCUT2D eigenvalue weighted by Gasteiger charge is -2.06. The molecule has 0 aliphatic carbocycles. The van der Waals surface area contributed by atoms with E-state index in [2.05, 4.69) is 49.2 Å². The quantitative estimate of drug-likeness (QED) is 0.683. The lowest BCUT2D eigenvalue weighted by Crippen LogP contribution is -1.85. The fourth-order valence-corrected chi connectivity index (χ4v) is 2.13. The number of halogens is 1. The third-order valence-corrected chi connectivity index (χ3v) is 3.27. The van der Waals surface area contributed by atoms with E-state index in [0.717, 1.165) is 34.7 Å². The van der Waals surface area contributed by atoms with E-state index in [4.69, 9.17) is 11.6 Å². The number of nitrogens with zero attached hydrogens (tertiary/aromatic N) is 1. The summed E-state index contributed by atoms with van der Waals surface area (Å²) < 4.78 is 0. The summed E-state index contributed by atoms with van der Waals surface area (Å²) in [5, 5.41) is 0.790. The molecule has 0 aromatic heterocycles. The topological polar surface area (TPSA) is 12.4 Å². The maximum absolute atomic E-state index is 6.25. The van der Waals surface area contributed by atoms with Gasteiger partial charge in [0.05, 0.1) is 0 Å². The smallest absolute Gasteiger partial charge is 0.0484 e. The van der Waals surface area contributed by atoms with Crippen LogP contribution in [0.5, 0.6) is 0 Å². The van der Waals surface area contributed by atoms with Gasteiger partial charge in [-0.15, -0.1) is 0 Å². The fraction of sp³-hybridized carbons (Fsp3) is 0.235. The van der Waals surface area contributed by atoms with Gasteiger partial charge in [-0.25, -0.2) is 0 Å². The van der Waals surface area contributed by atoms with Crippen LogP contribution in [-0.2, 0) is 0 Å². The summed E-state index contributed by atoms with van der Waals surface area (Å²) in [5.41, 5.74) is 4.56. The van der Waals surface area contributed by atoms with Crippen LogP contribution in [0.3, 0.4) is 0 Å². The number of aryl methyl sites for hydroxylation is 1. The summed E-state index contributed by atoms with van der Waals surface area (Å²) in [6.07, 6.45) is 3.00. The van der Waals surface area contributed by atoms with Crippen molar-refractivity contribution in [2.24, 2.45) is 4.99 Å². The molecule has 0 spiro atoms. The lowest BCUT2D eigenvalue weighted by molar-refractivity contribution is 0.937. The Morgan fingerprint density at radius 3 is 2.53 bits per heavy atom. The Labute approximate surface area is 120 Å². The molecule has 0 N–H and O–H groups in total. The molecular formula is C17H18ClN. The van der Waals surface area contributed by atoms with E-state index in [1.54, 1.807) is 0 Å². The zero-order valence-electron chi connectivity index (χ0n) is 11.4. The molecule has 0 saturated heterocycles. The number of hydrogen-bond donors (Lipinski definition) is 0. The molecule has 0 atom stereocenters. The Bertz CT molecular complexity index is 570. The molecule has 0 heterocycles. The van der Waals surface area contributed by atoms with Crippen LogP contribution in [0.15, 0.2) is 47.5 Å². The van der Waals surface area contributed by atoms with Gasteiger partial charge in [0.2, 0.25) is 0 Å². The first-order chi connectivity index (χ1) is 9.20. The summed E-state index contributed by atoms with van der Waals surface area (Å²) in [7, 11) is 0. The Morgan fingerprint density at radius 2 is 1.84 bits per heavy atom. The number of hydrogen-bond acceptors (Lipinski definition) is 1. The molecular weight excluding hydrogens is 254 g/mol. The van der Waals surface area contributed by atoms with Crippen molar-refractivity contribution in [1.29, 1.82) is 0 Å². The summed E-state index contributed by atoms with van der Waals surface area (Å²) in [5.74, 6) is 0. The van der Waals surface area contributed by atoms with Gasteiger partial charge in [-0.1, -0.05) is 54.4 Å². The highest BCUT2D eigenvalue weighted by Gasteiger charge is 2.03. The van der Waals surface area contributed by atoms with Crippen LogP contribution in [0.4, 0.5) is 0 Å². The van der Waals surface area contributed by atoms with E-state index in [0.29, 0.717) is 0 Å². The molecule has 19 heavy (non-hydrogen) atoms. The maximum Gasteiger partial charge on any atom is 0.0484 e. The standard InChI is InChI=1S/C17H18ClN/c1-3-10-19-12-14-5-7-15(8-6-14)16-11-13(2)4-9-17(16)18/h4-9,11-12H,3,10H2,1-2H3/b19-12+. The van der Waals surface area contributed by atoms with Crippen molar-refractivity contribution >= 4 is 17.8 Å². The van der Waals surface area contributed by atoms with E-state index < -0.39 is 0 Å². The van der Waals surface area contributed by atoms with Crippen LogP contribution in [0.25, 0.3) is 11.1 Å². The minimum Gasteiger partial charge on any atom is -0.293 e. The van der Waals surface area contributed by atoms with Gasteiger partial charge < -0.3 is 0 Å². The molecule has 0 bridgehead atoms. The van der Waals surface area contributed by atoms with Gasteiger partial charge in [-0.2, -0.15) is 0 Å². The monoisotopic (exact) mass is 271 g/mol. The molecule has 2 rings (SSSR count). The molecule has 98 valence electrons. The first-order valence-corrected chi connectivity index (χ1v) is 6.95. The maximum atomic E-state index is 6.25. The average molecular weight is 272 g/mol. The fourth-order valence-electron chi connectivity index (χ4n) is 1.91. The molecule has 0 radical (unpaired) electrons. The first-order valence-electron chi connectivity index (χ1n) is 6.57. The van der Waals surface area contributed by atoms with Crippen molar-refractivity contribution in [3.05, 3.63) is 58.6 Å². The van der Waals surface area contributed by atoms with Gasteiger partial charge in [0, 0.05) is 23.3 Å². The summed E-state index contributed by atoms with van der Waals surface area (Å²) in [4.78, 5) is 4.34. The Morgan fingerprint density at radius 1 is 1.11 bits per heavy atom. The second-order valence-electron chi connectivity index (χ2n) is 4.64. The summed E-state index contributed by atoms with van der Waals surface area (Å²) in [6, 6.07) is 14.4. The zero-order chi connectivity index (χ0) is 13.7. The zero-order valence-corrected chi connectivity index (χ0v) is 12.1. The second-order valence-corrected chi connectivity index (χ2v) is 5.05. The summed E-state index contributed by atoms with van der Waals surface area (Å²) in [6.45, 7) is 5.08. The highest BCUT2D eigenvalue weighted by Crippen LogP contribution is 2.28. The van der Waals surface area contributed by atoms with Crippen LogP contribution < -0.4 is 0 Å². The van der Waals surface area contributed by atoms with Gasteiger partial charge in [-0.05, 0) is 36.6 Å². The number of rotatable bonds is 4. The molecule has 2 aromatic rings. The van der Waals surface area contributed by atoms with Crippen LogP contribution in [-0.4, -0.2) is 12.8 Å². The largest absolute Gasteiger partial charge is 0.293 e. The average Bonchev–Trinajstić information content (AvgIpc) is 2.43. The van der Waals surface area contributed by atoms with E-state index in [-0.39, 0.29) is 0 Å². The molecule has 2 aromatic carbocycles. The van der Waals surface area contributed by atoms with Crippen LogP contribution in [0.2, 0.25) is 5.02 Å². The SMILES string of the molecule is CCC/N=C/c1ccc(-c2cc(C)ccc2Cl)cc1. The molecule has 0 fully saturated rings. The Hall–Kier alpha value is -1.60. The van der Waals surface area contributed by atoms with Crippen LogP contribution >= 0.6 is 11.6 Å². The van der Waals surface area contributed by atoms with Crippen molar-refractivity contribution < 1.29 is 0 Å². The van der Waals surface area contributed by atoms with Gasteiger partial charge in [0.15, 0.2) is 0 Å². The van der Waals surface area contributed by atoms with Crippen molar-refractivity contribution in [3.63, 3.8) is 0 Å². The Kier molecular flexibility index (Phi) is 4.75. The molecule has 0 aliphatic heterocycles. The second kappa shape index (κ2) is 6.53. The predicted molar refractivity (Wildman–Crippen MR) is 84.4 cm³/mol. The summed E-state index contributed by atoms with van der Waals surface area (Å²) >= 11 is 6.25. The predicted octanol–water partition coefficient (Wildman–Crippen LogP) is 5.14. The van der Waals surface area contributed by atoms with E-state index in [1.165, 1.54) is 5.56 Å². The molecule has 0 aliphatic rings. The highest BCUT2D eigenvalue weighted by atomic mass is 35.5. The van der Waals surface area contributed by atoms with Gasteiger partial charge in [0.1, 0.15) is 0 Å². The minimum atomic E-state index is 0.790.